The van der Waals surface area contributed by atoms with Crippen LogP contribution < -0.4 is 0 Å². The van der Waals surface area contributed by atoms with Gasteiger partial charge in [0, 0.05) is 64.5 Å². The van der Waals surface area contributed by atoms with E-state index in [-0.39, 0.29) is 11.8 Å². The smallest absolute Gasteiger partial charge is 0.266 e. The van der Waals surface area contributed by atoms with Gasteiger partial charge in [-0.3, -0.25) is 19.4 Å². The zero-order chi connectivity index (χ0) is 69.7. The maximum atomic E-state index is 13.3. The highest BCUT2D eigenvalue weighted by Gasteiger charge is 2.32. The first-order chi connectivity index (χ1) is 48.9. The fourth-order valence-electron chi connectivity index (χ4n) is 13.7. The Morgan fingerprint density at radius 2 is 0.790 bits per heavy atom. The van der Waals surface area contributed by atoms with Crippen molar-refractivity contribution in [1.82, 2.24) is 29.7 Å². The second-order valence-electron chi connectivity index (χ2n) is 26.7. The van der Waals surface area contributed by atoms with Crippen LogP contribution in [-0.2, 0) is 22.4 Å². The summed E-state index contributed by atoms with van der Waals surface area (Å²) in [5.74, 6) is 15.7. The van der Waals surface area contributed by atoms with Gasteiger partial charge in [-0.15, -0.1) is 45.3 Å². The van der Waals surface area contributed by atoms with E-state index in [4.69, 9.17) is 34.4 Å². The first kappa shape index (κ1) is 75.0. The van der Waals surface area contributed by atoms with Gasteiger partial charge in [-0.1, -0.05) is 253 Å². The highest BCUT2D eigenvalue weighted by molar-refractivity contribution is 8.27. The van der Waals surface area contributed by atoms with Crippen molar-refractivity contribution in [3.8, 4) is 44.6 Å². The molecule has 7 aromatic rings. The first-order valence-electron chi connectivity index (χ1n) is 37.0. The van der Waals surface area contributed by atoms with Gasteiger partial charge in [-0.2, -0.15) is 0 Å². The van der Waals surface area contributed by atoms with Gasteiger partial charge in [0.05, 0.1) is 64.5 Å². The number of fused-ring (bicyclic) bond motifs is 8. The summed E-state index contributed by atoms with van der Waals surface area (Å²) in [4.78, 5) is 59.1. The van der Waals surface area contributed by atoms with Gasteiger partial charge in [0.15, 0.2) is 0 Å². The minimum absolute atomic E-state index is 0.0515. The molecule has 4 aliphatic rings. The number of carbonyl (C=O) groups is 2. The summed E-state index contributed by atoms with van der Waals surface area (Å²) in [6, 6.07) is 26.3. The fourth-order valence-corrected chi connectivity index (χ4v) is 20.6. The molecule has 0 aliphatic carbocycles. The Labute approximate surface area is 630 Å². The number of hydrogen-bond acceptors (Lipinski definition) is 12. The van der Waals surface area contributed by atoms with Crippen LogP contribution in [0.25, 0.3) is 79.4 Å². The average molecular weight is 1480 g/mol. The molecule has 2 unspecified atom stereocenters. The van der Waals surface area contributed by atoms with E-state index < -0.39 is 0 Å². The second-order valence-corrected chi connectivity index (χ2v) is 34.7. The molecule has 100 heavy (non-hydrogen) atoms. The lowest BCUT2D eigenvalue weighted by atomic mass is 9.91. The third-order valence-electron chi connectivity index (χ3n) is 19.2. The lowest BCUT2D eigenvalue weighted by molar-refractivity contribution is -0.122. The number of thiophene rings is 4. The Kier molecular flexibility index (Phi) is 28.4. The number of H-pyrrole nitrogens is 2. The fraction of sp³-hybridized carbons (Fsp3) is 0.429. The zero-order valence-electron chi connectivity index (χ0n) is 59.2. The zero-order valence-corrected chi connectivity index (χ0v) is 65.7. The normalized spacial score (nSPS) is 15.1. The number of unbranched alkanes of at least 4 members (excludes halogenated alkanes) is 16. The van der Waals surface area contributed by atoms with Crippen LogP contribution in [0.2, 0.25) is 0 Å². The average Bonchev–Trinajstić information content (AvgIpc) is 1.62. The number of nitrogens with zero attached hydrogens (tertiary/aromatic N) is 4. The van der Waals surface area contributed by atoms with Crippen LogP contribution in [0.5, 0.6) is 0 Å². The Morgan fingerprint density at radius 3 is 1.19 bits per heavy atom. The molecule has 2 N–H and O–H groups in total. The Morgan fingerprint density at radius 1 is 0.420 bits per heavy atom. The van der Waals surface area contributed by atoms with E-state index in [0.717, 1.165) is 104 Å². The van der Waals surface area contributed by atoms with Gasteiger partial charge < -0.3 is 9.97 Å². The highest BCUT2D eigenvalue weighted by atomic mass is 32.2. The molecule has 11 heterocycles. The van der Waals surface area contributed by atoms with E-state index in [0.29, 0.717) is 43.4 Å². The molecule has 2 atom stereocenters. The van der Waals surface area contributed by atoms with E-state index in [1.54, 1.807) is 32.5 Å². The Bertz CT molecular complexity index is 4270. The quantitative estimate of drug-likeness (QED) is 0.0178. The number of amides is 2. The maximum Gasteiger partial charge on any atom is 0.266 e. The van der Waals surface area contributed by atoms with E-state index in [1.807, 2.05) is 72.9 Å². The van der Waals surface area contributed by atoms with Gasteiger partial charge in [0.1, 0.15) is 8.64 Å². The van der Waals surface area contributed by atoms with Gasteiger partial charge in [0.25, 0.3) is 11.8 Å². The highest BCUT2D eigenvalue weighted by Crippen LogP contribution is 2.42. The summed E-state index contributed by atoms with van der Waals surface area (Å²) < 4.78 is 1.18. The summed E-state index contributed by atoms with van der Waals surface area (Å²) in [6.07, 6.45) is 45.6. The van der Waals surface area contributed by atoms with Crippen LogP contribution in [0.3, 0.4) is 0 Å². The van der Waals surface area contributed by atoms with Gasteiger partial charge in [0.2, 0.25) is 0 Å². The standard InChI is InChI=1S/C84H96N6O2S8/c1-7-13-17-21-23-27-31-57(29-25-19-15-9-3)53-61-39-51-75(97-61)79-71-47-43-67(85-71)65(41-37-59-33-35-63(95-59)55-77-81(91)89(11-5)83(93)99-77)69-45-49-73(87-69)80(76-52-40-62(98-76)54-58(30-26-20-16-10-4)32-28-24-22-18-14-8-2)74-50-46-70(88-74)66(68-44-48-72(79)86-68)42-38-60-34-36-64(96-60)56-78-82(92)90(12-6)84(94)100-78/h33-36,39-40,43-52,55-58,85-86H,7-32,53-54H2,1-6H3/b67-65?,68-66?,69-65?,70-66?,77-55-,78-56-,79-71?,79-72?,80-73?,80-74?. The molecule has 2 fully saturated rings. The molecule has 8 nitrogen and oxygen atoms in total. The van der Waals surface area contributed by atoms with Crippen molar-refractivity contribution < 1.29 is 9.59 Å². The van der Waals surface area contributed by atoms with Crippen molar-refractivity contribution in [2.24, 2.45) is 11.8 Å². The minimum atomic E-state index is -0.0515. The number of aromatic nitrogens is 4. The largest absolute Gasteiger partial charge is 0.354 e. The molecule has 0 spiro atoms. The topological polar surface area (TPSA) is 98.0 Å². The van der Waals surface area contributed by atoms with Crippen molar-refractivity contribution in [1.29, 1.82) is 0 Å². The maximum absolute atomic E-state index is 13.3. The number of likely N-dealkylation sites (N-methyl/N-ethyl adjacent to an activating group) is 2. The third kappa shape index (κ3) is 19.8. The van der Waals surface area contributed by atoms with Crippen LogP contribution in [0.1, 0.15) is 259 Å². The van der Waals surface area contributed by atoms with E-state index in [1.165, 1.54) is 192 Å². The molecule has 4 aliphatic heterocycles. The third-order valence-corrected chi connectivity index (χ3v) is 26.1. The molecule has 0 radical (unpaired) electrons. The Hall–Kier alpha value is -6.18. The van der Waals surface area contributed by atoms with Crippen LogP contribution in [0.4, 0.5) is 0 Å². The summed E-state index contributed by atoms with van der Waals surface area (Å²) >= 11 is 20.8. The Balaban J connectivity index is 1.07. The van der Waals surface area contributed by atoms with Crippen molar-refractivity contribution >= 4 is 172 Å². The van der Waals surface area contributed by atoms with Crippen LogP contribution in [0.15, 0.2) is 82.6 Å². The summed E-state index contributed by atoms with van der Waals surface area (Å²) in [5, 5.41) is 0. The van der Waals surface area contributed by atoms with Crippen molar-refractivity contribution in [3.05, 3.63) is 146 Å². The molecule has 0 aromatic carbocycles. The number of hydrogen-bond donors (Lipinski definition) is 2. The number of thioether (sulfide) groups is 2. The predicted molar refractivity (Wildman–Crippen MR) is 445 cm³/mol. The lowest BCUT2D eigenvalue weighted by Crippen LogP contribution is -2.27. The second kappa shape index (κ2) is 37.8. The SMILES string of the molecule is CCCCCCCCC(CCCCCC)Cc1ccc(-c2c3nc(c(C#Cc4ccc(/C=C5\SC(=S)N(CC)C5=O)s4)c4ccc([nH]4)c(-c4ccc(CC(CCCCCC)CCCCCCCC)s4)c4ccc([nH]4)c(C#Cc4ccc(/C=C5\SC(=S)N(CC)C5=O)s4)c4nc2C=C4)C=C3)s1. The monoisotopic (exact) mass is 1480 g/mol. The van der Waals surface area contributed by atoms with Gasteiger partial charge in [-0.25, -0.2) is 9.97 Å². The molecule has 16 heteroatoms. The minimum Gasteiger partial charge on any atom is -0.354 e. The molecular formula is C84H96N6O2S8. The lowest BCUT2D eigenvalue weighted by Gasteiger charge is -2.16. The number of rotatable bonds is 34. The first-order valence-corrected chi connectivity index (χ1v) is 42.7. The summed E-state index contributed by atoms with van der Waals surface area (Å²) in [7, 11) is 0. The molecule has 8 bridgehead atoms. The van der Waals surface area contributed by atoms with Crippen molar-refractivity contribution in [2.75, 3.05) is 13.1 Å². The van der Waals surface area contributed by atoms with Crippen LogP contribution in [-0.4, -0.2) is 63.3 Å². The molecule has 522 valence electrons. The van der Waals surface area contributed by atoms with Gasteiger partial charge in [-0.05, 0) is 148 Å². The van der Waals surface area contributed by atoms with Crippen molar-refractivity contribution in [3.63, 3.8) is 0 Å². The van der Waals surface area contributed by atoms with Crippen molar-refractivity contribution in [2.45, 2.75) is 208 Å². The number of thiocarbonyl (C=S) groups is 2. The molecule has 7 aromatic heterocycles. The predicted octanol–water partition coefficient (Wildman–Crippen LogP) is 25.2. The molecular weight excluding hydrogens is 1380 g/mol. The molecule has 11 rings (SSSR count). The molecule has 2 amide bonds. The molecule has 0 saturated carbocycles. The number of carbonyl (C=O) groups excluding carboxylic acids is 2. The summed E-state index contributed by atoms with van der Waals surface area (Å²) in [6.45, 7) is 14.2. The number of aromatic amines is 2. The van der Waals surface area contributed by atoms with E-state index in [2.05, 4.69) is 134 Å². The number of nitrogens with one attached hydrogen (secondary N) is 2. The molecule has 2 saturated heterocycles. The van der Waals surface area contributed by atoms with E-state index in [9.17, 15) is 9.59 Å². The van der Waals surface area contributed by atoms with Crippen LogP contribution in [0, 0.1) is 35.5 Å². The van der Waals surface area contributed by atoms with E-state index >= 15 is 0 Å². The van der Waals surface area contributed by atoms with Gasteiger partial charge >= 0.3 is 0 Å². The van der Waals surface area contributed by atoms with Crippen LogP contribution >= 0.6 is 93.3 Å². The summed E-state index contributed by atoms with van der Waals surface area (Å²) in [5.41, 5.74) is 10.4.